The van der Waals surface area contributed by atoms with Gasteiger partial charge in [-0.15, -0.1) is 11.8 Å². The number of hydrogen-bond donors (Lipinski definition) is 1. The quantitative estimate of drug-likeness (QED) is 0.875. The fourth-order valence-electron chi connectivity index (χ4n) is 2.11. The highest BCUT2D eigenvalue weighted by molar-refractivity contribution is 7.99. The summed E-state index contributed by atoms with van der Waals surface area (Å²) in [5.74, 6) is 1.18. The first kappa shape index (κ1) is 11.8. The van der Waals surface area contributed by atoms with Crippen LogP contribution in [0.2, 0.25) is 0 Å². The molecule has 0 aromatic heterocycles. The number of thioether (sulfide) groups is 1. The lowest BCUT2D eigenvalue weighted by Crippen LogP contribution is -2.39. The van der Waals surface area contributed by atoms with Crippen LogP contribution in [0.15, 0.2) is 23.1 Å². The molecule has 16 heavy (non-hydrogen) atoms. The van der Waals surface area contributed by atoms with Gasteiger partial charge in [-0.05, 0) is 44.5 Å². The molecule has 1 atom stereocenters. The van der Waals surface area contributed by atoms with E-state index in [1.807, 2.05) is 11.8 Å². The Morgan fingerprint density at radius 1 is 1.50 bits per heavy atom. The van der Waals surface area contributed by atoms with E-state index < -0.39 is 0 Å². The summed E-state index contributed by atoms with van der Waals surface area (Å²) < 4.78 is 0. The van der Waals surface area contributed by atoms with E-state index in [0.717, 1.165) is 19.5 Å². The Bertz CT molecular complexity index is 365. The summed E-state index contributed by atoms with van der Waals surface area (Å²) in [6.07, 6.45) is 1.07. The van der Waals surface area contributed by atoms with E-state index in [4.69, 9.17) is 5.73 Å². The average Bonchev–Trinajstić information content (AvgIpc) is 2.28. The van der Waals surface area contributed by atoms with Crippen LogP contribution in [0.4, 0.5) is 5.69 Å². The maximum absolute atomic E-state index is 5.60. The monoisotopic (exact) mass is 236 g/mol. The van der Waals surface area contributed by atoms with Crippen molar-refractivity contribution in [3.05, 3.63) is 23.8 Å². The maximum Gasteiger partial charge on any atom is 0.0507 e. The molecule has 1 aromatic carbocycles. The number of benzene rings is 1. The van der Waals surface area contributed by atoms with Crippen LogP contribution in [0.25, 0.3) is 0 Å². The van der Waals surface area contributed by atoms with Crippen LogP contribution in [0.1, 0.15) is 18.9 Å². The van der Waals surface area contributed by atoms with Crippen molar-refractivity contribution in [2.45, 2.75) is 31.2 Å². The molecule has 88 valence electrons. The Balaban J connectivity index is 2.25. The molecular formula is C13H20N2S. The lowest BCUT2D eigenvalue weighted by Gasteiger charge is -2.36. The normalized spacial score (nSPS) is 19.7. The van der Waals surface area contributed by atoms with E-state index in [9.17, 15) is 0 Å². The third kappa shape index (κ3) is 2.36. The summed E-state index contributed by atoms with van der Waals surface area (Å²) in [4.78, 5) is 3.92. The summed E-state index contributed by atoms with van der Waals surface area (Å²) in [6, 6.07) is 7.37. The van der Waals surface area contributed by atoms with Crippen molar-refractivity contribution >= 4 is 17.4 Å². The van der Waals surface area contributed by atoms with Crippen molar-refractivity contribution < 1.29 is 0 Å². The number of aryl methyl sites for hydroxylation is 1. The number of hydrogen-bond acceptors (Lipinski definition) is 3. The first-order valence-corrected chi connectivity index (χ1v) is 6.91. The van der Waals surface area contributed by atoms with Gasteiger partial charge < -0.3 is 10.6 Å². The molecule has 2 nitrogen and oxygen atoms in total. The molecule has 1 aliphatic rings. The molecular weight excluding hydrogens is 216 g/mol. The van der Waals surface area contributed by atoms with Gasteiger partial charge in [0.1, 0.15) is 0 Å². The lowest BCUT2D eigenvalue weighted by molar-refractivity contribution is 0.652. The molecule has 1 aliphatic heterocycles. The molecule has 0 amide bonds. The van der Waals surface area contributed by atoms with Crippen molar-refractivity contribution in [3.63, 3.8) is 0 Å². The second kappa shape index (κ2) is 5.11. The van der Waals surface area contributed by atoms with E-state index in [2.05, 4.69) is 36.9 Å². The minimum atomic E-state index is 0.617. The van der Waals surface area contributed by atoms with E-state index in [1.54, 1.807) is 0 Å². The highest BCUT2D eigenvalue weighted by atomic mass is 32.2. The molecule has 1 unspecified atom stereocenters. The zero-order chi connectivity index (χ0) is 11.5. The summed E-state index contributed by atoms with van der Waals surface area (Å²) in [6.45, 7) is 6.31. The molecule has 0 saturated carbocycles. The molecule has 2 N–H and O–H groups in total. The van der Waals surface area contributed by atoms with Crippen molar-refractivity contribution in [1.29, 1.82) is 0 Å². The molecule has 2 rings (SSSR count). The van der Waals surface area contributed by atoms with Crippen LogP contribution >= 0.6 is 11.8 Å². The number of rotatable bonds is 3. The van der Waals surface area contributed by atoms with Gasteiger partial charge >= 0.3 is 0 Å². The molecule has 0 radical (unpaired) electrons. The molecule has 0 bridgehead atoms. The first-order chi connectivity index (χ1) is 7.72. The van der Waals surface area contributed by atoms with Crippen molar-refractivity contribution in [2.24, 2.45) is 5.73 Å². The highest BCUT2D eigenvalue weighted by Gasteiger charge is 2.22. The molecule has 1 aromatic rings. The third-order valence-corrected chi connectivity index (χ3v) is 4.33. The number of fused-ring (bicyclic) bond motifs is 1. The second-order valence-corrected chi connectivity index (χ2v) is 5.53. The van der Waals surface area contributed by atoms with Crippen molar-refractivity contribution in [1.82, 2.24) is 0 Å². The van der Waals surface area contributed by atoms with Gasteiger partial charge in [0.15, 0.2) is 0 Å². The fourth-order valence-corrected chi connectivity index (χ4v) is 3.32. The molecule has 3 heteroatoms. The maximum atomic E-state index is 5.60. The minimum Gasteiger partial charge on any atom is -0.367 e. The number of nitrogens with two attached hydrogens (primary N) is 1. The first-order valence-electron chi connectivity index (χ1n) is 5.92. The van der Waals surface area contributed by atoms with Crippen molar-refractivity contribution in [2.75, 3.05) is 23.7 Å². The highest BCUT2D eigenvalue weighted by Crippen LogP contribution is 2.37. The minimum absolute atomic E-state index is 0.617. The van der Waals surface area contributed by atoms with Gasteiger partial charge in [0.25, 0.3) is 0 Å². The Hall–Kier alpha value is -0.670. The van der Waals surface area contributed by atoms with Gasteiger partial charge in [0, 0.05) is 23.2 Å². The Morgan fingerprint density at radius 3 is 3.06 bits per heavy atom. The largest absolute Gasteiger partial charge is 0.367 e. The second-order valence-electron chi connectivity index (χ2n) is 4.47. The van der Waals surface area contributed by atoms with E-state index in [1.165, 1.54) is 21.9 Å². The predicted molar refractivity (Wildman–Crippen MR) is 72.4 cm³/mol. The summed E-state index contributed by atoms with van der Waals surface area (Å²) in [7, 11) is 0. The molecule has 0 fully saturated rings. The smallest absolute Gasteiger partial charge is 0.0507 e. The van der Waals surface area contributed by atoms with Crippen LogP contribution in [0.5, 0.6) is 0 Å². The zero-order valence-electron chi connectivity index (χ0n) is 10.1. The Morgan fingerprint density at radius 2 is 2.31 bits per heavy atom. The molecule has 1 heterocycles. The lowest BCUT2D eigenvalue weighted by atomic mass is 10.1. The van der Waals surface area contributed by atoms with Crippen LogP contribution in [-0.2, 0) is 0 Å². The van der Waals surface area contributed by atoms with Gasteiger partial charge in [-0.3, -0.25) is 0 Å². The van der Waals surface area contributed by atoms with Crippen LogP contribution in [0.3, 0.4) is 0 Å². The van der Waals surface area contributed by atoms with Gasteiger partial charge in [0.2, 0.25) is 0 Å². The molecule has 0 aliphatic carbocycles. The third-order valence-electron chi connectivity index (χ3n) is 3.04. The van der Waals surface area contributed by atoms with Crippen LogP contribution in [0, 0.1) is 6.92 Å². The van der Waals surface area contributed by atoms with Gasteiger partial charge in [-0.2, -0.15) is 0 Å². The van der Waals surface area contributed by atoms with Crippen molar-refractivity contribution in [3.8, 4) is 0 Å². The van der Waals surface area contributed by atoms with Gasteiger partial charge in [0.05, 0.1) is 5.69 Å². The standard InChI is InChI=1S/C13H20N2S/c1-10-4-5-12-13(8-10)16-9-11(2)15(12)7-3-6-14/h4-5,8,11H,3,6-7,9,14H2,1-2H3. The van der Waals surface area contributed by atoms with Crippen LogP contribution < -0.4 is 10.6 Å². The topological polar surface area (TPSA) is 29.3 Å². The molecule has 0 saturated heterocycles. The SMILES string of the molecule is Cc1ccc2c(c1)SCC(C)N2CCCN. The number of anilines is 1. The summed E-state index contributed by atoms with van der Waals surface area (Å²) in [5.41, 5.74) is 8.34. The Labute approximate surface area is 102 Å². The van der Waals surface area contributed by atoms with E-state index in [-0.39, 0.29) is 0 Å². The van der Waals surface area contributed by atoms with E-state index in [0.29, 0.717) is 6.04 Å². The van der Waals surface area contributed by atoms with Crippen LogP contribution in [-0.4, -0.2) is 24.9 Å². The summed E-state index contributed by atoms with van der Waals surface area (Å²) >= 11 is 1.98. The predicted octanol–water partition coefficient (Wildman–Crippen LogP) is 2.64. The molecule has 0 spiro atoms. The number of nitrogens with zero attached hydrogens (tertiary/aromatic N) is 1. The summed E-state index contributed by atoms with van der Waals surface area (Å²) in [5, 5.41) is 0. The van der Waals surface area contributed by atoms with Gasteiger partial charge in [-0.1, -0.05) is 6.07 Å². The zero-order valence-corrected chi connectivity index (χ0v) is 10.9. The van der Waals surface area contributed by atoms with Gasteiger partial charge in [-0.25, -0.2) is 0 Å². The van der Waals surface area contributed by atoms with E-state index >= 15 is 0 Å². The average molecular weight is 236 g/mol. The Kier molecular flexibility index (Phi) is 3.77. The fraction of sp³-hybridized carbons (Fsp3) is 0.538.